The van der Waals surface area contributed by atoms with Crippen LogP contribution in [-0.4, -0.2) is 66.6 Å². The Morgan fingerprint density at radius 1 is 0.967 bits per heavy atom. The van der Waals surface area contributed by atoms with Crippen molar-refractivity contribution in [3.8, 4) is 11.3 Å². The first-order valence-corrected chi connectivity index (χ1v) is 11.7. The minimum absolute atomic E-state index is 0.855. The Balaban J connectivity index is 1.21. The van der Waals surface area contributed by atoms with Crippen LogP contribution in [0.3, 0.4) is 0 Å². The SMILES string of the molecule is CN1CCN(c2ccc(-c3nccc4c3C=C(CN3C5CCCC3C5)C4)cc2)CC1. The van der Waals surface area contributed by atoms with Gasteiger partial charge in [-0.2, -0.15) is 0 Å². The zero-order valence-electron chi connectivity index (χ0n) is 18.1. The summed E-state index contributed by atoms with van der Waals surface area (Å²) in [6.45, 7) is 5.66. The highest BCUT2D eigenvalue weighted by Gasteiger charge is 2.41. The second-order valence-electron chi connectivity index (χ2n) is 9.70. The molecule has 1 aromatic carbocycles. The highest BCUT2D eigenvalue weighted by atomic mass is 15.3. The van der Waals surface area contributed by atoms with E-state index in [0.717, 1.165) is 56.9 Å². The molecule has 4 aliphatic rings. The lowest BCUT2D eigenvalue weighted by Crippen LogP contribution is -2.58. The van der Waals surface area contributed by atoms with E-state index in [2.05, 4.69) is 58.2 Å². The van der Waals surface area contributed by atoms with Crippen molar-refractivity contribution in [1.29, 1.82) is 0 Å². The van der Waals surface area contributed by atoms with Gasteiger partial charge < -0.3 is 9.80 Å². The zero-order valence-corrected chi connectivity index (χ0v) is 18.1. The Labute approximate surface area is 180 Å². The number of rotatable bonds is 4. The molecule has 1 aliphatic carbocycles. The van der Waals surface area contributed by atoms with Crippen LogP contribution >= 0.6 is 0 Å². The van der Waals surface area contributed by atoms with E-state index in [-0.39, 0.29) is 0 Å². The van der Waals surface area contributed by atoms with Gasteiger partial charge in [0, 0.05) is 67.8 Å². The van der Waals surface area contributed by atoms with E-state index in [4.69, 9.17) is 4.98 Å². The van der Waals surface area contributed by atoms with Gasteiger partial charge in [-0.05, 0) is 56.5 Å². The maximum atomic E-state index is 4.80. The van der Waals surface area contributed by atoms with Crippen molar-refractivity contribution in [2.45, 2.75) is 44.2 Å². The number of hydrogen-bond donors (Lipinski definition) is 0. The smallest absolute Gasteiger partial charge is 0.0777 e. The first-order chi connectivity index (χ1) is 14.7. The highest BCUT2D eigenvalue weighted by Crippen LogP contribution is 2.40. The van der Waals surface area contributed by atoms with E-state index in [1.807, 2.05) is 6.20 Å². The van der Waals surface area contributed by atoms with E-state index in [1.165, 1.54) is 48.1 Å². The van der Waals surface area contributed by atoms with Gasteiger partial charge in [0.1, 0.15) is 0 Å². The number of hydrogen-bond acceptors (Lipinski definition) is 4. The summed E-state index contributed by atoms with van der Waals surface area (Å²) >= 11 is 0. The zero-order chi connectivity index (χ0) is 20.1. The van der Waals surface area contributed by atoms with E-state index in [9.17, 15) is 0 Å². The van der Waals surface area contributed by atoms with Crippen molar-refractivity contribution in [2.24, 2.45) is 0 Å². The second kappa shape index (κ2) is 7.51. The predicted octanol–water partition coefficient (Wildman–Crippen LogP) is 4.07. The molecule has 6 rings (SSSR count). The van der Waals surface area contributed by atoms with E-state index in [0.29, 0.717) is 0 Å². The van der Waals surface area contributed by atoms with Gasteiger partial charge in [-0.25, -0.2) is 0 Å². The van der Waals surface area contributed by atoms with Crippen molar-refractivity contribution in [2.75, 3.05) is 44.7 Å². The molecule has 3 saturated heterocycles. The fourth-order valence-electron chi connectivity index (χ4n) is 5.95. The predicted molar refractivity (Wildman–Crippen MR) is 124 cm³/mol. The van der Waals surface area contributed by atoms with Gasteiger partial charge in [0.25, 0.3) is 0 Å². The molecular weight excluding hydrogens is 368 g/mol. The summed E-state index contributed by atoms with van der Waals surface area (Å²) in [5.41, 5.74) is 8.10. The summed E-state index contributed by atoms with van der Waals surface area (Å²) in [5, 5.41) is 0. The second-order valence-corrected chi connectivity index (χ2v) is 9.70. The fraction of sp³-hybridized carbons (Fsp3) is 0.500. The molecule has 3 fully saturated rings. The van der Waals surface area contributed by atoms with Crippen molar-refractivity contribution >= 4 is 11.8 Å². The van der Waals surface area contributed by atoms with Crippen LogP contribution in [0.15, 0.2) is 42.1 Å². The van der Waals surface area contributed by atoms with Gasteiger partial charge in [0.05, 0.1) is 5.69 Å². The third-order valence-electron chi connectivity index (χ3n) is 7.80. The molecule has 2 unspecified atom stereocenters. The molecule has 30 heavy (non-hydrogen) atoms. The molecular formula is C26H32N4. The van der Waals surface area contributed by atoms with Gasteiger partial charge in [-0.15, -0.1) is 0 Å². The van der Waals surface area contributed by atoms with Crippen LogP contribution in [0, 0.1) is 0 Å². The summed E-state index contributed by atoms with van der Waals surface area (Å²) in [7, 11) is 2.21. The molecule has 0 saturated carbocycles. The van der Waals surface area contributed by atoms with Gasteiger partial charge in [0.2, 0.25) is 0 Å². The molecule has 0 amide bonds. The molecule has 1 aromatic heterocycles. The first-order valence-electron chi connectivity index (χ1n) is 11.7. The normalized spacial score (nSPS) is 26.3. The number of likely N-dealkylation sites (N-methyl/N-ethyl adjacent to an activating group) is 1. The molecule has 2 atom stereocenters. The largest absolute Gasteiger partial charge is 0.369 e. The van der Waals surface area contributed by atoms with Gasteiger partial charge in [-0.1, -0.05) is 30.2 Å². The first kappa shape index (κ1) is 18.6. The van der Waals surface area contributed by atoms with Crippen LogP contribution in [0.5, 0.6) is 0 Å². The minimum Gasteiger partial charge on any atom is -0.369 e. The number of anilines is 1. The Morgan fingerprint density at radius 3 is 2.47 bits per heavy atom. The number of fused-ring (bicyclic) bond motifs is 3. The standard InChI is InChI=1S/C26H32N4/c1-28-11-13-29(14-12-28)22-7-5-20(6-8-22)26-25-16-19(15-21(25)9-10-27-26)18-30-23-3-2-4-24(30)17-23/h5-10,16,23-24H,2-4,11-15,17-18H2,1H3. The average Bonchev–Trinajstić information content (AvgIpc) is 3.22. The summed E-state index contributed by atoms with van der Waals surface area (Å²) < 4.78 is 0. The topological polar surface area (TPSA) is 22.6 Å². The van der Waals surface area contributed by atoms with Crippen molar-refractivity contribution in [1.82, 2.24) is 14.8 Å². The summed E-state index contributed by atoms with van der Waals surface area (Å²) in [6, 6.07) is 13.0. The number of piperazine rings is 1. The molecule has 4 nitrogen and oxygen atoms in total. The number of benzene rings is 1. The van der Waals surface area contributed by atoms with Gasteiger partial charge in [0.15, 0.2) is 0 Å². The molecule has 2 bridgehead atoms. The number of nitrogens with zero attached hydrogens (tertiary/aromatic N) is 4. The summed E-state index contributed by atoms with van der Waals surface area (Å²) in [6.07, 6.45) is 11.2. The van der Waals surface area contributed by atoms with Crippen LogP contribution < -0.4 is 4.90 Å². The van der Waals surface area contributed by atoms with Gasteiger partial charge in [-0.3, -0.25) is 9.88 Å². The molecule has 0 N–H and O–H groups in total. The van der Waals surface area contributed by atoms with Crippen molar-refractivity contribution < 1.29 is 0 Å². The third kappa shape index (κ3) is 3.27. The Kier molecular flexibility index (Phi) is 4.65. The number of piperidine rings is 1. The Bertz CT molecular complexity index is 941. The van der Waals surface area contributed by atoms with E-state index >= 15 is 0 Å². The quantitative estimate of drug-likeness (QED) is 0.772. The maximum absolute atomic E-state index is 4.80. The molecule has 3 aliphatic heterocycles. The minimum atomic E-state index is 0.855. The Morgan fingerprint density at radius 2 is 1.73 bits per heavy atom. The molecule has 0 spiro atoms. The molecule has 0 radical (unpaired) electrons. The third-order valence-corrected chi connectivity index (χ3v) is 7.80. The lowest BCUT2D eigenvalue weighted by Gasteiger charge is -2.53. The highest BCUT2D eigenvalue weighted by molar-refractivity contribution is 5.78. The van der Waals surface area contributed by atoms with Gasteiger partial charge >= 0.3 is 0 Å². The number of pyridine rings is 1. The molecule has 4 heterocycles. The van der Waals surface area contributed by atoms with Crippen LogP contribution in [0.25, 0.3) is 17.3 Å². The van der Waals surface area contributed by atoms with Crippen LogP contribution in [0.2, 0.25) is 0 Å². The molecule has 2 aromatic rings. The van der Waals surface area contributed by atoms with Crippen LogP contribution in [0.1, 0.15) is 36.8 Å². The van der Waals surface area contributed by atoms with E-state index < -0.39 is 0 Å². The van der Waals surface area contributed by atoms with Crippen molar-refractivity contribution in [3.63, 3.8) is 0 Å². The van der Waals surface area contributed by atoms with E-state index in [1.54, 1.807) is 5.57 Å². The Hall–Kier alpha value is -2.17. The number of aromatic nitrogens is 1. The molecule has 4 heteroatoms. The fourth-order valence-corrected chi connectivity index (χ4v) is 5.95. The maximum Gasteiger partial charge on any atom is 0.0777 e. The average molecular weight is 401 g/mol. The summed E-state index contributed by atoms with van der Waals surface area (Å²) in [5.74, 6) is 0. The summed E-state index contributed by atoms with van der Waals surface area (Å²) in [4.78, 5) is 12.5. The van der Waals surface area contributed by atoms with Crippen LogP contribution in [0.4, 0.5) is 5.69 Å². The lowest BCUT2D eigenvalue weighted by molar-refractivity contribution is -0.0187. The monoisotopic (exact) mass is 400 g/mol. The lowest BCUT2D eigenvalue weighted by atomic mass is 9.79. The molecule has 156 valence electrons. The van der Waals surface area contributed by atoms with Crippen molar-refractivity contribution in [3.05, 3.63) is 53.2 Å². The van der Waals surface area contributed by atoms with Crippen LogP contribution in [-0.2, 0) is 6.42 Å².